The van der Waals surface area contributed by atoms with Crippen molar-refractivity contribution >= 4 is 28.4 Å². The molecule has 0 aliphatic heterocycles. The monoisotopic (exact) mass is 377 g/mol. The van der Waals surface area contributed by atoms with Crippen molar-refractivity contribution in [2.75, 3.05) is 6.54 Å². The second-order valence-electron chi connectivity index (χ2n) is 6.05. The van der Waals surface area contributed by atoms with Crippen LogP contribution in [0.4, 0.5) is 0 Å². The van der Waals surface area contributed by atoms with Crippen molar-refractivity contribution in [3.63, 3.8) is 0 Å². The van der Waals surface area contributed by atoms with Gasteiger partial charge in [-0.05, 0) is 24.3 Å². The number of benzene rings is 2. The molecule has 1 amide bonds. The molecule has 134 valence electrons. The fraction of sp³-hybridized carbons (Fsp3) is 0.100. The standard InChI is InChI=1S/C20H16ClN5O/c21-14-7-5-13(6-8-14)19-11-17(16-3-1-2-4-18(16)24-19)20(27)22-10-9-15-12-23-26-25-15/h1-8,11-12H,9-10H2,(H,22,27)(H,23,25,26). The summed E-state index contributed by atoms with van der Waals surface area (Å²) in [5, 5.41) is 14.7. The maximum atomic E-state index is 12.8. The van der Waals surface area contributed by atoms with E-state index < -0.39 is 0 Å². The number of para-hydroxylation sites is 1. The highest BCUT2D eigenvalue weighted by molar-refractivity contribution is 6.30. The maximum absolute atomic E-state index is 12.8. The van der Waals surface area contributed by atoms with Crippen molar-refractivity contribution in [3.8, 4) is 11.3 Å². The second kappa shape index (κ2) is 7.55. The zero-order chi connectivity index (χ0) is 18.6. The van der Waals surface area contributed by atoms with Gasteiger partial charge in [0.1, 0.15) is 0 Å². The predicted molar refractivity (Wildman–Crippen MR) is 105 cm³/mol. The Morgan fingerprint density at radius 3 is 2.70 bits per heavy atom. The molecule has 0 unspecified atom stereocenters. The van der Waals surface area contributed by atoms with Gasteiger partial charge in [-0.2, -0.15) is 15.4 Å². The molecule has 0 bridgehead atoms. The normalized spacial score (nSPS) is 10.9. The summed E-state index contributed by atoms with van der Waals surface area (Å²) in [5.41, 5.74) is 3.79. The molecule has 4 aromatic rings. The Kier molecular flexibility index (Phi) is 4.80. The molecule has 4 rings (SSSR count). The topological polar surface area (TPSA) is 83.6 Å². The summed E-state index contributed by atoms with van der Waals surface area (Å²) in [4.78, 5) is 17.5. The molecule has 0 aliphatic rings. The summed E-state index contributed by atoms with van der Waals surface area (Å²) in [7, 11) is 0. The van der Waals surface area contributed by atoms with E-state index in [-0.39, 0.29) is 5.91 Å². The van der Waals surface area contributed by atoms with Crippen LogP contribution in [0, 0.1) is 0 Å². The average molecular weight is 378 g/mol. The number of nitrogens with zero attached hydrogens (tertiary/aromatic N) is 3. The number of aromatic amines is 1. The van der Waals surface area contributed by atoms with Gasteiger partial charge in [-0.3, -0.25) is 4.79 Å². The van der Waals surface area contributed by atoms with Gasteiger partial charge in [0.05, 0.1) is 28.7 Å². The number of hydrogen-bond acceptors (Lipinski definition) is 4. The van der Waals surface area contributed by atoms with Crippen LogP contribution in [0.25, 0.3) is 22.2 Å². The van der Waals surface area contributed by atoms with Crippen LogP contribution in [0.2, 0.25) is 5.02 Å². The Balaban J connectivity index is 1.65. The highest BCUT2D eigenvalue weighted by Gasteiger charge is 2.14. The molecule has 0 saturated heterocycles. The fourth-order valence-corrected chi connectivity index (χ4v) is 3.00. The summed E-state index contributed by atoms with van der Waals surface area (Å²) in [5.74, 6) is -0.146. The third-order valence-corrected chi connectivity index (χ3v) is 4.48. The number of halogens is 1. The van der Waals surface area contributed by atoms with Crippen LogP contribution in [-0.2, 0) is 6.42 Å². The quantitative estimate of drug-likeness (QED) is 0.556. The molecule has 0 spiro atoms. The first-order chi connectivity index (χ1) is 13.2. The lowest BCUT2D eigenvalue weighted by Gasteiger charge is -2.10. The highest BCUT2D eigenvalue weighted by atomic mass is 35.5. The highest BCUT2D eigenvalue weighted by Crippen LogP contribution is 2.25. The Hall–Kier alpha value is -3.25. The van der Waals surface area contributed by atoms with Crippen LogP contribution in [0.1, 0.15) is 16.1 Å². The first-order valence-electron chi connectivity index (χ1n) is 8.49. The summed E-state index contributed by atoms with van der Waals surface area (Å²) < 4.78 is 0. The minimum absolute atomic E-state index is 0.146. The number of rotatable bonds is 5. The molecule has 7 heteroatoms. The molecule has 0 aliphatic carbocycles. The molecule has 6 nitrogen and oxygen atoms in total. The molecule has 0 fully saturated rings. The fourth-order valence-electron chi connectivity index (χ4n) is 2.88. The summed E-state index contributed by atoms with van der Waals surface area (Å²) in [6.45, 7) is 0.471. The van der Waals surface area contributed by atoms with Gasteiger partial charge < -0.3 is 5.32 Å². The SMILES string of the molecule is O=C(NCCc1cn[nH]n1)c1cc(-c2ccc(Cl)cc2)nc2ccccc12. The molecule has 0 atom stereocenters. The van der Waals surface area contributed by atoms with Crippen LogP contribution in [0.3, 0.4) is 0 Å². The minimum atomic E-state index is -0.146. The van der Waals surface area contributed by atoms with E-state index in [1.165, 1.54) is 0 Å². The Morgan fingerprint density at radius 2 is 1.93 bits per heavy atom. The molecule has 2 N–H and O–H groups in total. The first-order valence-corrected chi connectivity index (χ1v) is 8.87. The van der Waals surface area contributed by atoms with E-state index in [0.717, 1.165) is 27.9 Å². The molecule has 2 aromatic carbocycles. The third-order valence-electron chi connectivity index (χ3n) is 4.23. The van der Waals surface area contributed by atoms with Crippen molar-refractivity contribution in [2.45, 2.75) is 6.42 Å². The molecular weight excluding hydrogens is 362 g/mol. The number of carbonyl (C=O) groups is 1. The Morgan fingerprint density at radius 1 is 1.11 bits per heavy atom. The number of hydrogen-bond donors (Lipinski definition) is 2. The number of aromatic nitrogens is 4. The average Bonchev–Trinajstić information content (AvgIpc) is 3.21. The summed E-state index contributed by atoms with van der Waals surface area (Å²) >= 11 is 5.98. The molecule has 0 radical (unpaired) electrons. The number of nitrogens with one attached hydrogen (secondary N) is 2. The van der Waals surface area contributed by atoms with Gasteiger partial charge in [0.15, 0.2) is 0 Å². The van der Waals surface area contributed by atoms with E-state index in [4.69, 9.17) is 16.6 Å². The maximum Gasteiger partial charge on any atom is 0.252 e. The van der Waals surface area contributed by atoms with Gasteiger partial charge in [-0.25, -0.2) is 4.98 Å². The lowest BCUT2D eigenvalue weighted by molar-refractivity contribution is 0.0955. The van der Waals surface area contributed by atoms with E-state index in [2.05, 4.69) is 20.7 Å². The number of pyridine rings is 1. The van der Waals surface area contributed by atoms with Gasteiger partial charge in [0.25, 0.3) is 5.91 Å². The lowest BCUT2D eigenvalue weighted by Crippen LogP contribution is -2.26. The van der Waals surface area contributed by atoms with Crippen molar-refractivity contribution in [1.29, 1.82) is 0 Å². The van der Waals surface area contributed by atoms with Crippen molar-refractivity contribution in [2.24, 2.45) is 0 Å². The van der Waals surface area contributed by atoms with Crippen LogP contribution >= 0.6 is 11.6 Å². The Labute approximate surface area is 160 Å². The van der Waals surface area contributed by atoms with Crippen LogP contribution in [0.5, 0.6) is 0 Å². The van der Waals surface area contributed by atoms with E-state index in [1.807, 2.05) is 54.6 Å². The van der Waals surface area contributed by atoms with Gasteiger partial charge in [-0.15, -0.1) is 0 Å². The summed E-state index contributed by atoms with van der Waals surface area (Å²) in [6, 6.07) is 16.8. The van der Waals surface area contributed by atoms with E-state index >= 15 is 0 Å². The third kappa shape index (κ3) is 3.80. The van der Waals surface area contributed by atoms with Crippen molar-refractivity contribution in [1.82, 2.24) is 25.7 Å². The van der Waals surface area contributed by atoms with Gasteiger partial charge >= 0.3 is 0 Å². The molecule has 2 aromatic heterocycles. The van der Waals surface area contributed by atoms with Gasteiger partial charge in [-0.1, -0.05) is 41.9 Å². The van der Waals surface area contributed by atoms with Crippen molar-refractivity contribution in [3.05, 3.63) is 77.1 Å². The summed E-state index contributed by atoms with van der Waals surface area (Å²) in [6.07, 6.45) is 2.25. The molecular formula is C20H16ClN5O. The van der Waals surface area contributed by atoms with Crippen molar-refractivity contribution < 1.29 is 4.79 Å². The van der Waals surface area contributed by atoms with Crippen LogP contribution < -0.4 is 5.32 Å². The van der Waals surface area contributed by atoms with E-state index in [0.29, 0.717) is 23.6 Å². The van der Waals surface area contributed by atoms with E-state index in [1.54, 1.807) is 6.20 Å². The first kappa shape index (κ1) is 17.2. The number of carbonyl (C=O) groups excluding carboxylic acids is 1. The Bertz CT molecular complexity index is 1080. The second-order valence-corrected chi connectivity index (χ2v) is 6.48. The molecule has 2 heterocycles. The zero-order valence-corrected chi connectivity index (χ0v) is 15.1. The van der Waals surface area contributed by atoms with Gasteiger partial charge in [0.2, 0.25) is 0 Å². The number of fused-ring (bicyclic) bond motifs is 1. The minimum Gasteiger partial charge on any atom is -0.352 e. The predicted octanol–water partition coefficient (Wildman–Crippen LogP) is 3.65. The molecule has 0 saturated carbocycles. The van der Waals surface area contributed by atoms with Gasteiger partial charge in [0, 0.05) is 28.9 Å². The number of amides is 1. The molecule has 27 heavy (non-hydrogen) atoms. The number of H-pyrrole nitrogens is 1. The zero-order valence-electron chi connectivity index (χ0n) is 14.3. The van der Waals surface area contributed by atoms with E-state index in [9.17, 15) is 4.79 Å². The largest absolute Gasteiger partial charge is 0.352 e. The van der Waals surface area contributed by atoms with Crippen LogP contribution in [0.15, 0.2) is 60.8 Å². The smallest absolute Gasteiger partial charge is 0.252 e. The lowest BCUT2D eigenvalue weighted by atomic mass is 10.0. The van der Waals surface area contributed by atoms with Crippen LogP contribution in [-0.4, -0.2) is 32.8 Å².